The van der Waals surface area contributed by atoms with Crippen molar-refractivity contribution in [3.63, 3.8) is 0 Å². The summed E-state index contributed by atoms with van der Waals surface area (Å²) >= 11 is 0. The zero-order valence-electron chi connectivity index (χ0n) is 19.5. The number of aliphatic hydroxyl groups excluding tert-OH is 2. The number of rotatable bonds is 8. The van der Waals surface area contributed by atoms with E-state index < -0.39 is 36.0 Å². The van der Waals surface area contributed by atoms with Crippen molar-refractivity contribution in [3.05, 3.63) is 65.9 Å². The molecule has 2 aromatic heterocycles. The van der Waals surface area contributed by atoms with E-state index in [0.717, 1.165) is 12.5 Å². The number of aliphatic hydroxyl groups is 2. The Hall–Kier alpha value is -3.54. The summed E-state index contributed by atoms with van der Waals surface area (Å²) in [5.74, 6) is -3.11. The van der Waals surface area contributed by atoms with Crippen LogP contribution in [0.4, 0.5) is 8.78 Å². The largest absolute Gasteiger partial charge is 0.474 e. The van der Waals surface area contributed by atoms with E-state index in [-0.39, 0.29) is 30.8 Å². The Kier molecular flexibility index (Phi) is 7.53. The highest BCUT2D eigenvalue weighted by Gasteiger charge is 2.40. The molecule has 0 amide bonds. The highest BCUT2D eigenvalue weighted by Crippen LogP contribution is 2.28. The summed E-state index contributed by atoms with van der Waals surface area (Å²) in [7, 11) is 0. The summed E-state index contributed by atoms with van der Waals surface area (Å²) in [6, 6.07) is 14.2. The van der Waals surface area contributed by atoms with Gasteiger partial charge in [-0.05, 0) is 19.1 Å². The molecule has 190 valence electrons. The summed E-state index contributed by atoms with van der Waals surface area (Å²) in [4.78, 5) is 15.2. The van der Waals surface area contributed by atoms with Gasteiger partial charge in [-0.3, -0.25) is 4.79 Å². The molecule has 0 aliphatic carbocycles. The van der Waals surface area contributed by atoms with Crippen LogP contribution in [0.5, 0.6) is 11.8 Å². The number of pyridine rings is 1. The van der Waals surface area contributed by atoms with Crippen LogP contribution >= 0.6 is 0 Å². The number of hydrogen-bond acceptors (Lipinski definition) is 9. The van der Waals surface area contributed by atoms with E-state index in [1.165, 1.54) is 25.1 Å². The van der Waals surface area contributed by atoms with Gasteiger partial charge in [0.15, 0.2) is 11.9 Å². The van der Waals surface area contributed by atoms with Gasteiger partial charge in [0.1, 0.15) is 30.6 Å². The van der Waals surface area contributed by atoms with Gasteiger partial charge < -0.3 is 24.4 Å². The number of ketones is 1. The van der Waals surface area contributed by atoms with E-state index in [2.05, 4.69) is 15.2 Å². The van der Waals surface area contributed by atoms with Crippen molar-refractivity contribution in [2.75, 3.05) is 13.2 Å². The van der Waals surface area contributed by atoms with Crippen LogP contribution in [-0.4, -0.2) is 68.8 Å². The van der Waals surface area contributed by atoms with Crippen molar-refractivity contribution in [3.8, 4) is 23.0 Å². The first-order chi connectivity index (χ1) is 17.1. The highest BCUT2D eigenvalue weighted by molar-refractivity contribution is 5.94. The summed E-state index contributed by atoms with van der Waals surface area (Å²) in [5, 5.41) is 29.1. The van der Waals surface area contributed by atoms with Crippen LogP contribution in [0.2, 0.25) is 0 Å². The molecule has 1 aromatic carbocycles. The maximum atomic E-state index is 13.5. The van der Waals surface area contributed by atoms with Crippen LogP contribution in [0.25, 0.3) is 11.3 Å². The lowest BCUT2D eigenvalue weighted by Crippen LogP contribution is -2.56. The van der Waals surface area contributed by atoms with E-state index >= 15 is 0 Å². The van der Waals surface area contributed by atoms with Gasteiger partial charge in [-0.2, -0.15) is 8.78 Å². The lowest BCUT2D eigenvalue weighted by Gasteiger charge is -2.37. The maximum absolute atomic E-state index is 13.5. The first-order valence-corrected chi connectivity index (χ1v) is 11.2. The van der Waals surface area contributed by atoms with Crippen molar-refractivity contribution >= 4 is 5.78 Å². The molecule has 0 saturated carbocycles. The van der Waals surface area contributed by atoms with Crippen LogP contribution in [0.15, 0.2) is 54.6 Å². The van der Waals surface area contributed by atoms with Crippen LogP contribution in [0.1, 0.15) is 29.9 Å². The second kappa shape index (κ2) is 10.6. The van der Waals surface area contributed by atoms with Crippen LogP contribution in [0.3, 0.4) is 0 Å². The molecule has 2 N–H and O–H groups in total. The van der Waals surface area contributed by atoms with Gasteiger partial charge in [0.05, 0.1) is 12.3 Å². The third-order valence-electron chi connectivity index (χ3n) is 5.65. The van der Waals surface area contributed by atoms with Gasteiger partial charge in [-0.1, -0.05) is 30.3 Å². The quantitative estimate of drug-likeness (QED) is 0.449. The lowest BCUT2D eigenvalue weighted by molar-refractivity contribution is -0.187. The molecule has 4 atom stereocenters. The minimum absolute atomic E-state index is 0.0291. The molecule has 0 bridgehead atoms. The smallest absolute Gasteiger partial charge is 0.287 e. The van der Waals surface area contributed by atoms with E-state index in [9.17, 15) is 23.8 Å². The zero-order valence-corrected chi connectivity index (χ0v) is 19.5. The average Bonchev–Trinajstić information content (AvgIpc) is 2.86. The third kappa shape index (κ3) is 5.99. The molecular weight excluding hydrogens is 476 g/mol. The molecule has 36 heavy (non-hydrogen) atoms. The standard InChI is InChI=1S/C25H25F2N3O6/c1-14(31)15-6-8-16(9-7-15)17-10-11-22(30-29-17)35-12-18-23(32)24(33)19(13-34-18)36-21-5-3-4-20(28-21)25(2,26)27/h3-11,18-19,23-24,32-33H,12-13H2,1-2H3/t18-,19+,23+,24-/m1/s1. The fourth-order valence-corrected chi connectivity index (χ4v) is 3.58. The Morgan fingerprint density at radius 3 is 2.44 bits per heavy atom. The van der Waals surface area contributed by atoms with Gasteiger partial charge >= 0.3 is 0 Å². The average molecular weight is 501 g/mol. The summed E-state index contributed by atoms with van der Waals surface area (Å²) < 4.78 is 43.7. The Morgan fingerprint density at radius 1 is 1.06 bits per heavy atom. The van der Waals surface area contributed by atoms with Crippen molar-refractivity contribution in [1.82, 2.24) is 15.2 Å². The number of benzene rings is 1. The predicted octanol–water partition coefficient (Wildman–Crippen LogP) is 2.80. The van der Waals surface area contributed by atoms with E-state index in [0.29, 0.717) is 11.3 Å². The highest BCUT2D eigenvalue weighted by atomic mass is 19.3. The normalized spacial score (nSPS) is 22.2. The topological polar surface area (TPSA) is 124 Å². The Morgan fingerprint density at radius 2 is 1.81 bits per heavy atom. The van der Waals surface area contributed by atoms with Gasteiger partial charge in [-0.25, -0.2) is 4.98 Å². The van der Waals surface area contributed by atoms with Gasteiger partial charge in [0.25, 0.3) is 5.92 Å². The summed E-state index contributed by atoms with van der Waals surface area (Å²) in [6.07, 6.45) is -4.64. The van der Waals surface area contributed by atoms with Gasteiger partial charge in [0, 0.05) is 30.2 Å². The fourth-order valence-electron chi connectivity index (χ4n) is 3.58. The first kappa shape index (κ1) is 25.5. The predicted molar refractivity (Wildman–Crippen MR) is 123 cm³/mol. The van der Waals surface area contributed by atoms with Crippen LogP contribution in [-0.2, 0) is 10.7 Å². The van der Waals surface area contributed by atoms with Crippen molar-refractivity contribution in [2.24, 2.45) is 0 Å². The first-order valence-electron chi connectivity index (χ1n) is 11.2. The van der Waals surface area contributed by atoms with Crippen molar-refractivity contribution in [2.45, 2.75) is 44.2 Å². The number of ether oxygens (including phenoxy) is 3. The molecule has 9 nitrogen and oxygen atoms in total. The number of alkyl halides is 2. The molecule has 3 heterocycles. The number of carbonyl (C=O) groups is 1. The SMILES string of the molecule is CC(=O)c1ccc(-c2ccc(OC[C@H]3OC[C@H](Oc4cccc(C(C)(F)F)n4)[C@@H](O)[C@H]3O)nn2)cc1. The van der Waals surface area contributed by atoms with Crippen molar-refractivity contribution < 1.29 is 38.0 Å². The number of hydrogen-bond donors (Lipinski definition) is 2. The maximum Gasteiger partial charge on any atom is 0.287 e. The molecule has 1 saturated heterocycles. The Bertz CT molecular complexity index is 1190. The molecular formula is C25H25F2N3O6. The van der Waals surface area contributed by atoms with Crippen LogP contribution in [0, 0.1) is 0 Å². The molecule has 3 aromatic rings. The monoisotopic (exact) mass is 501 g/mol. The number of Topliss-reactive ketones (excluding diaryl/α,β-unsaturated/α-hetero) is 1. The molecule has 1 aliphatic rings. The number of halogens is 2. The molecule has 1 aliphatic heterocycles. The van der Waals surface area contributed by atoms with Crippen LogP contribution < -0.4 is 9.47 Å². The number of nitrogens with zero attached hydrogens (tertiary/aromatic N) is 3. The molecule has 0 radical (unpaired) electrons. The molecule has 4 rings (SSSR count). The molecule has 1 fully saturated rings. The minimum atomic E-state index is -3.15. The minimum Gasteiger partial charge on any atom is -0.474 e. The number of aromatic nitrogens is 3. The summed E-state index contributed by atoms with van der Waals surface area (Å²) in [5.41, 5.74) is 1.49. The third-order valence-corrected chi connectivity index (χ3v) is 5.65. The zero-order chi connectivity index (χ0) is 25.9. The van der Waals surface area contributed by atoms with Crippen molar-refractivity contribution in [1.29, 1.82) is 0 Å². The fraction of sp³-hybridized carbons (Fsp3) is 0.360. The molecule has 11 heteroatoms. The second-order valence-corrected chi connectivity index (χ2v) is 8.46. The second-order valence-electron chi connectivity index (χ2n) is 8.46. The van der Waals surface area contributed by atoms with Gasteiger partial charge in [0.2, 0.25) is 11.8 Å². The van der Waals surface area contributed by atoms with E-state index in [4.69, 9.17) is 14.2 Å². The summed E-state index contributed by atoms with van der Waals surface area (Å²) in [6.45, 7) is 1.96. The molecule has 0 unspecified atom stereocenters. The molecule has 0 spiro atoms. The Balaban J connectivity index is 1.31. The van der Waals surface area contributed by atoms with Gasteiger partial charge in [-0.15, -0.1) is 10.2 Å². The van der Waals surface area contributed by atoms with E-state index in [1.807, 2.05) is 0 Å². The Labute approximate surface area is 205 Å². The lowest BCUT2D eigenvalue weighted by atomic mass is 10.0. The van der Waals surface area contributed by atoms with E-state index in [1.54, 1.807) is 36.4 Å². The number of carbonyl (C=O) groups excluding carboxylic acids is 1.